The summed E-state index contributed by atoms with van der Waals surface area (Å²) in [7, 11) is 0. The first-order chi connectivity index (χ1) is 21.2. The van der Waals surface area contributed by atoms with Gasteiger partial charge in [-0.2, -0.15) is 0 Å². The molecule has 3 fully saturated rings. The van der Waals surface area contributed by atoms with Gasteiger partial charge in [0, 0.05) is 17.1 Å². The van der Waals surface area contributed by atoms with Gasteiger partial charge in [-0.1, -0.05) is 70.5 Å². The lowest BCUT2D eigenvalue weighted by molar-refractivity contribution is -0.155. The maximum Gasteiger partial charge on any atom is 0.312 e. The van der Waals surface area contributed by atoms with E-state index in [9.17, 15) is 19.5 Å². The van der Waals surface area contributed by atoms with Crippen molar-refractivity contribution < 1.29 is 29.0 Å². The van der Waals surface area contributed by atoms with Crippen LogP contribution in [0.1, 0.15) is 48.4 Å². The van der Waals surface area contributed by atoms with Crippen LogP contribution >= 0.6 is 15.9 Å². The number of benzene rings is 2. The highest BCUT2D eigenvalue weighted by molar-refractivity contribution is 9.09. The second-order valence-electron chi connectivity index (χ2n) is 12.0. The number of alkyl halides is 1. The quantitative estimate of drug-likeness (QED) is 0.137. The predicted molar refractivity (Wildman–Crippen MR) is 172 cm³/mol. The molecule has 2 aromatic carbocycles. The SMILES string of the molecule is C=CCCCCOC(=O)[C@H]1[C@H]2C(=O)N([C@H](CO)c3ccccc3)C(C(=O)N(CC=C)c3cc(C)ccc3C)C23CC(Br)[C@@H]1O3. The Morgan fingerprint density at radius 3 is 2.61 bits per heavy atom. The molecule has 234 valence electrons. The van der Waals surface area contributed by atoms with Gasteiger partial charge in [0.15, 0.2) is 0 Å². The molecule has 1 N–H and O–H groups in total. The molecule has 3 aliphatic rings. The van der Waals surface area contributed by atoms with Crippen molar-refractivity contribution in [1.82, 2.24) is 4.90 Å². The number of hydrogen-bond donors (Lipinski definition) is 1. The Labute approximate surface area is 267 Å². The number of anilines is 1. The summed E-state index contributed by atoms with van der Waals surface area (Å²) in [5.41, 5.74) is 1.98. The Morgan fingerprint density at radius 2 is 1.93 bits per heavy atom. The number of hydrogen-bond acceptors (Lipinski definition) is 6. The Kier molecular flexibility index (Phi) is 9.77. The monoisotopic (exact) mass is 664 g/mol. The molecule has 3 unspecified atom stereocenters. The van der Waals surface area contributed by atoms with E-state index in [0.29, 0.717) is 24.1 Å². The van der Waals surface area contributed by atoms with Crippen LogP contribution in [0, 0.1) is 25.7 Å². The number of carbonyl (C=O) groups is 3. The highest BCUT2D eigenvalue weighted by Gasteiger charge is 2.77. The number of nitrogens with zero attached hydrogens (tertiary/aromatic N) is 2. The molecule has 0 saturated carbocycles. The number of carbonyl (C=O) groups excluding carboxylic acids is 3. The molecular weight excluding hydrogens is 624 g/mol. The topological polar surface area (TPSA) is 96.4 Å². The van der Waals surface area contributed by atoms with E-state index < -0.39 is 48.2 Å². The highest BCUT2D eigenvalue weighted by Crippen LogP contribution is 2.61. The maximum absolute atomic E-state index is 15.0. The molecule has 3 heterocycles. The molecule has 9 heteroatoms. The van der Waals surface area contributed by atoms with Crippen LogP contribution < -0.4 is 4.90 Å². The van der Waals surface area contributed by atoms with Gasteiger partial charge in [-0.15, -0.1) is 13.2 Å². The summed E-state index contributed by atoms with van der Waals surface area (Å²) in [5, 5.41) is 10.8. The van der Waals surface area contributed by atoms with E-state index >= 15 is 0 Å². The summed E-state index contributed by atoms with van der Waals surface area (Å²) >= 11 is 3.72. The van der Waals surface area contributed by atoms with Crippen molar-refractivity contribution in [1.29, 1.82) is 0 Å². The smallest absolute Gasteiger partial charge is 0.312 e. The van der Waals surface area contributed by atoms with E-state index in [2.05, 4.69) is 29.1 Å². The lowest BCUT2D eigenvalue weighted by atomic mass is 9.70. The minimum absolute atomic E-state index is 0.203. The van der Waals surface area contributed by atoms with Crippen molar-refractivity contribution in [2.45, 2.75) is 68.1 Å². The second-order valence-corrected chi connectivity index (χ2v) is 13.2. The molecule has 3 saturated heterocycles. The van der Waals surface area contributed by atoms with Crippen LogP contribution in [-0.4, -0.2) is 70.1 Å². The first-order valence-corrected chi connectivity index (χ1v) is 16.2. The van der Waals surface area contributed by atoms with E-state index in [4.69, 9.17) is 9.47 Å². The normalized spacial score (nSPS) is 27.6. The fraction of sp³-hybridized carbons (Fsp3) is 0.457. The number of allylic oxidation sites excluding steroid dienone is 1. The summed E-state index contributed by atoms with van der Waals surface area (Å²) in [5.74, 6) is -3.05. The molecule has 2 aromatic rings. The number of halogens is 1. The predicted octanol–water partition coefficient (Wildman–Crippen LogP) is 5.20. The van der Waals surface area contributed by atoms with Gasteiger partial charge in [0.05, 0.1) is 37.2 Å². The third-order valence-corrected chi connectivity index (χ3v) is 10.1. The van der Waals surface area contributed by atoms with Crippen LogP contribution in [0.25, 0.3) is 0 Å². The zero-order valence-corrected chi connectivity index (χ0v) is 26.9. The minimum Gasteiger partial charge on any atom is -0.465 e. The largest absolute Gasteiger partial charge is 0.465 e. The number of aliphatic hydroxyl groups is 1. The van der Waals surface area contributed by atoms with E-state index in [1.165, 1.54) is 4.90 Å². The Morgan fingerprint density at radius 1 is 1.18 bits per heavy atom. The summed E-state index contributed by atoms with van der Waals surface area (Å²) in [4.78, 5) is 46.1. The molecule has 0 radical (unpaired) electrons. The van der Waals surface area contributed by atoms with E-state index in [0.717, 1.165) is 24.0 Å². The molecule has 0 aromatic heterocycles. The molecule has 2 bridgehead atoms. The molecule has 8 nitrogen and oxygen atoms in total. The molecule has 5 rings (SSSR count). The molecule has 1 spiro atoms. The number of amides is 2. The van der Waals surface area contributed by atoms with Crippen molar-refractivity contribution in [3.63, 3.8) is 0 Å². The number of rotatable bonds is 13. The van der Waals surface area contributed by atoms with Gasteiger partial charge in [0.1, 0.15) is 11.6 Å². The van der Waals surface area contributed by atoms with Gasteiger partial charge in [-0.3, -0.25) is 14.4 Å². The Hall–Kier alpha value is -3.27. The third kappa shape index (κ3) is 5.54. The van der Waals surface area contributed by atoms with Crippen molar-refractivity contribution in [3.8, 4) is 0 Å². The molecule has 44 heavy (non-hydrogen) atoms. The molecular formula is C35H41BrN2O6. The Bertz CT molecular complexity index is 1420. The summed E-state index contributed by atoms with van der Waals surface area (Å²) in [6.45, 7) is 11.6. The zero-order chi connectivity index (χ0) is 31.6. The second kappa shape index (κ2) is 13.4. The fourth-order valence-electron chi connectivity index (χ4n) is 7.24. The number of unbranched alkanes of at least 4 members (excludes halogenated alkanes) is 2. The van der Waals surface area contributed by atoms with E-state index in [1.807, 2.05) is 68.5 Å². The number of fused-ring (bicyclic) bond motifs is 1. The van der Waals surface area contributed by atoms with Crippen molar-refractivity contribution >= 4 is 39.4 Å². The van der Waals surface area contributed by atoms with Crippen molar-refractivity contribution in [3.05, 3.63) is 90.5 Å². The number of aryl methyl sites for hydroxylation is 2. The van der Waals surface area contributed by atoms with Crippen LogP contribution in [0.3, 0.4) is 0 Å². The molecule has 2 amide bonds. The number of likely N-dealkylation sites (tertiary alicyclic amines) is 1. The molecule has 7 atom stereocenters. The number of esters is 1. The number of aliphatic hydroxyl groups excluding tert-OH is 1. The van der Waals surface area contributed by atoms with Crippen LogP contribution in [0.4, 0.5) is 5.69 Å². The van der Waals surface area contributed by atoms with Gasteiger partial charge in [-0.05, 0) is 62.3 Å². The van der Waals surface area contributed by atoms with Crippen molar-refractivity contribution in [2.24, 2.45) is 11.8 Å². The lowest BCUT2D eigenvalue weighted by Crippen LogP contribution is -2.57. The van der Waals surface area contributed by atoms with Gasteiger partial charge < -0.3 is 24.4 Å². The Balaban J connectivity index is 1.60. The maximum atomic E-state index is 15.0. The van der Waals surface area contributed by atoms with Gasteiger partial charge >= 0.3 is 5.97 Å². The van der Waals surface area contributed by atoms with Crippen molar-refractivity contribution in [2.75, 3.05) is 24.7 Å². The van der Waals surface area contributed by atoms with E-state index in [-0.39, 0.29) is 29.8 Å². The van der Waals surface area contributed by atoms with Gasteiger partial charge in [0.25, 0.3) is 5.91 Å². The van der Waals surface area contributed by atoms with E-state index in [1.54, 1.807) is 11.0 Å². The highest BCUT2D eigenvalue weighted by atomic mass is 79.9. The van der Waals surface area contributed by atoms with Gasteiger partial charge in [0.2, 0.25) is 5.91 Å². The summed E-state index contributed by atoms with van der Waals surface area (Å²) in [6.07, 6.45) is 5.55. The third-order valence-electron chi connectivity index (χ3n) is 9.21. The zero-order valence-electron chi connectivity index (χ0n) is 25.4. The van der Waals surface area contributed by atoms with Crippen LogP contribution in [0.5, 0.6) is 0 Å². The van der Waals surface area contributed by atoms with Crippen LogP contribution in [0.15, 0.2) is 73.8 Å². The molecule has 0 aliphatic carbocycles. The van der Waals surface area contributed by atoms with Crippen LogP contribution in [0.2, 0.25) is 0 Å². The summed E-state index contributed by atoms with van der Waals surface area (Å²) in [6, 6.07) is 13.1. The van der Waals surface area contributed by atoms with Gasteiger partial charge in [-0.25, -0.2) is 0 Å². The first-order valence-electron chi connectivity index (χ1n) is 15.3. The average Bonchev–Trinajstić information content (AvgIpc) is 3.61. The molecule has 3 aliphatic heterocycles. The average molecular weight is 666 g/mol. The lowest BCUT2D eigenvalue weighted by Gasteiger charge is -2.39. The number of ether oxygens (including phenoxy) is 2. The first kappa shape index (κ1) is 32.1. The summed E-state index contributed by atoms with van der Waals surface area (Å²) < 4.78 is 12.4. The fourth-order valence-corrected chi connectivity index (χ4v) is 8.18. The minimum atomic E-state index is -1.29. The standard InChI is InChI=1S/C35H41BrN2O6/c1-5-7-8-12-18-43-34(42)28-29-32(40)38(27(21-39)24-13-10-9-11-14-24)31(35(29)20-25(36)30(28)44-35)33(41)37(17-6-2)26-19-22(3)15-16-23(26)4/h5-6,9-11,13-16,19,25,27-31,39H,1-2,7-8,12,17-18,20-21H2,3-4H3/t25?,27-,28+,29+,30+,31?,35?/m1/s1. The van der Waals surface area contributed by atoms with Crippen LogP contribution in [-0.2, 0) is 23.9 Å².